The fourth-order valence-electron chi connectivity index (χ4n) is 10.8. The van der Waals surface area contributed by atoms with Gasteiger partial charge in [0.1, 0.15) is 0 Å². The lowest BCUT2D eigenvalue weighted by Gasteiger charge is -2.25. The van der Waals surface area contributed by atoms with Gasteiger partial charge in [0.25, 0.3) is 0 Å². The minimum Gasteiger partial charge on any atom is -0.223 e. The molecular formula is C66H135O7P. The summed E-state index contributed by atoms with van der Waals surface area (Å²) in [7, 11) is -4.40. The number of unbranched alkanes of at least 4 members (excludes halogenated alkanes) is 42. The Balaban J connectivity index is 5.24. The van der Waals surface area contributed by atoms with Crippen LogP contribution in [-0.4, -0.2) is 18.3 Å². The molecule has 3 atom stereocenters. The van der Waals surface area contributed by atoms with Crippen LogP contribution in [0.5, 0.6) is 0 Å². The van der Waals surface area contributed by atoms with Crippen LogP contribution in [0.2, 0.25) is 0 Å². The lowest BCUT2D eigenvalue weighted by molar-refractivity contribution is -0.356. The predicted molar refractivity (Wildman–Crippen MR) is 322 cm³/mol. The van der Waals surface area contributed by atoms with E-state index in [2.05, 4.69) is 62.3 Å². The van der Waals surface area contributed by atoms with Gasteiger partial charge in [-0.15, -0.1) is 14.0 Å². The molecule has 0 saturated carbocycles. The standard InChI is InChI=1S/C66H135O7P/c1-10-13-16-19-22-25-28-31-34-37-40-43-46-49-52-55-64(58-61(4)5)68-71-74(67,72-69-65(59-62(6)7)56-53-50-47-44-41-38-35-32-29-26-23-20-17-14-11-2)73-70-66(60-63(8)9)57-54-51-48-45-42-39-36-33-30-27-24-21-18-15-12-3/h61-66H,10-60H2,1-9H3. The summed E-state index contributed by atoms with van der Waals surface area (Å²) in [4.78, 5) is 18.2. The summed E-state index contributed by atoms with van der Waals surface area (Å²) in [5.74, 6) is 1.18. The Kier molecular flexibility index (Phi) is 57.7. The van der Waals surface area contributed by atoms with Gasteiger partial charge >= 0.3 is 7.82 Å². The zero-order valence-electron chi connectivity index (χ0n) is 51.8. The summed E-state index contributed by atoms with van der Waals surface area (Å²) in [6.07, 6.45) is 64.3. The van der Waals surface area contributed by atoms with Crippen LogP contribution in [0.25, 0.3) is 0 Å². The zero-order chi connectivity index (χ0) is 54.3. The van der Waals surface area contributed by atoms with E-state index in [9.17, 15) is 4.57 Å². The maximum atomic E-state index is 14.6. The van der Waals surface area contributed by atoms with Gasteiger partial charge < -0.3 is 0 Å². The highest BCUT2D eigenvalue weighted by atomic mass is 31.2. The molecule has 7 nitrogen and oxygen atoms in total. The third-order valence-electron chi connectivity index (χ3n) is 15.4. The van der Waals surface area contributed by atoms with Crippen LogP contribution in [-0.2, 0) is 33.3 Å². The largest absolute Gasteiger partial charge is 0.556 e. The summed E-state index contributed by atoms with van der Waals surface area (Å²) in [6.45, 7) is 20.1. The topological polar surface area (TPSA) is 72.5 Å². The van der Waals surface area contributed by atoms with Crippen LogP contribution in [0, 0.1) is 17.8 Å². The van der Waals surface area contributed by atoms with E-state index in [1.807, 2.05) is 0 Å². The lowest BCUT2D eigenvalue weighted by atomic mass is 10.00. The highest BCUT2D eigenvalue weighted by Gasteiger charge is 2.36. The number of hydrogen-bond acceptors (Lipinski definition) is 7. The maximum absolute atomic E-state index is 14.6. The van der Waals surface area contributed by atoms with Gasteiger partial charge in [-0.2, -0.15) is 0 Å². The summed E-state index contributed by atoms with van der Waals surface area (Å²) in [5, 5.41) is 0. The number of rotatable bonds is 63. The van der Waals surface area contributed by atoms with Gasteiger partial charge in [0, 0.05) is 0 Å². The summed E-state index contributed by atoms with van der Waals surface area (Å²) >= 11 is 0. The van der Waals surface area contributed by atoms with Gasteiger partial charge in [0.05, 0.1) is 18.3 Å². The molecule has 0 spiro atoms. The second-order valence-electron chi connectivity index (χ2n) is 24.9. The monoisotopic (exact) mass is 1070 g/mol. The van der Waals surface area contributed by atoms with Crippen LogP contribution >= 0.6 is 7.82 Å². The van der Waals surface area contributed by atoms with E-state index in [0.29, 0.717) is 17.8 Å². The van der Waals surface area contributed by atoms with E-state index >= 15 is 0 Å². The molecule has 74 heavy (non-hydrogen) atoms. The molecule has 3 unspecified atom stereocenters. The number of phosphoric acid groups is 1. The second-order valence-corrected chi connectivity index (χ2v) is 26.3. The van der Waals surface area contributed by atoms with Crippen molar-refractivity contribution in [3.8, 4) is 0 Å². The molecule has 0 fully saturated rings. The van der Waals surface area contributed by atoms with Gasteiger partial charge in [-0.3, -0.25) is 0 Å². The van der Waals surface area contributed by atoms with Gasteiger partial charge in [-0.1, -0.05) is 351 Å². The second kappa shape index (κ2) is 57.7. The van der Waals surface area contributed by atoms with Crippen molar-refractivity contribution in [3.05, 3.63) is 0 Å². The lowest BCUT2D eigenvalue weighted by Crippen LogP contribution is -2.21. The first-order chi connectivity index (χ1) is 36.0. The van der Waals surface area contributed by atoms with Gasteiger partial charge in [0.15, 0.2) is 0 Å². The summed E-state index contributed by atoms with van der Waals surface area (Å²) in [5.41, 5.74) is 0. The molecule has 446 valence electrons. The normalized spacial score (nSPS) is 14.2. The van der Waals surface area contributed by atoms with E-state index in [1.54, 1.807) is 0 Å². The average molecular weight is 1070 g/mol. The first kappa shape index (κ1) is 74.0. The Hall–Kier alpha value is -0.0100. The van der Waals surface area contributed by atoms with E-state index in [4.69, 9.17) is 28.7 Å². The molecule has 0 aromatic heterocycles. The molecule has 0 amide bonds. The maximum Gasteiger partial charge on any atom is 0.556 e. The van der Waals surface area contributed by atoms with Crippen LogP contribution < -0.4 is 0 Å². The molecule has 0 N–H and O–H groups in total. The van der Waals surface area contributed by atoms with Crippen molar-refractivity contribution in [2.24, 2.45) is 17.8 Å². The molecule has 0 aromatic carbocycles. The van der Waals surface area contributed by atoms with Crippen molar-refractivity contribution in [3.63, 3.8) is 0 Å². The SMILES string of the molecule is CCCCCCCCCCCCCCCCCC(CC(C)C)OOP(=O)(OOC(CCCCCCCCCCCCCCCCC)CC(C)C)OOC(CCCCCCCCCCCCCCCCC)CC(C)C. The fraction of sp³-hybridized carbons (Fsp3) is 1.00. The van der Waals surface area contributed by atoms with Gasteiger partial charge in [-0.05, 0) is 56.3 Å². The molecule has 0 aliphatic rings. The first-order valence-electron chi connectivity index (χ1n) is 33.7. The van der Waals surface area contributed by atoms with E-state index in [1.165, 1.54) is 270 Å². The van der Waals surface area contributed by atoms with Gasteiger partial charge in [0.2, 0.25) is 0 Å². The summed E-state index contributed by atoms with van der Waals surface area (Å²) in [6, 6.07) is 0. The van der Waals surface area contributed by atoms with Crippen molar-refractivity contribution < 1.29 is 33.3 Å². The van der Waals surface area contributed by atoms with Crippen molar-refractivity contribution >= 4 is 7.82 Å². The minimum absolute atomic E-state index is 0.226. The molecule has 0 aromatic rings. The Morgan fingerprint density at radius 2 is 0.392 bits per heavy atom. The Morgan fingerprint density at radius 1 is 0.243 bits per heavy atom. The Morgan fingerprint density at radius 3 is 0.541 bits per heavy atom. The quantitative estimate of drug-likeness (QED) is 0.0260. The van der Waals surface area contributed by atoms with E-state index < -0.39 is 7.82 Å². The average Bonchev–Trinajstić information content (AvgIpc) is 3.37. The van der Waals surface area contributed by atoms with Crippen LogP contribution in [0.15, 0.2) is 0 Å². The minimum atomic E-state index is -4.40. The van der Waals surface area contributed by atoms with Crippen molar-refractivity contribution in [2.75, 3.05) is 0 Å². The smallest absolute Gasteiger partial charge is 0.223 e. The molecule has 0 aliphatic carbocycles. The third kappa shape index (κ3) is 55.3. The fourth-order valence-corrected chi connectivity index (χ4v) is 11.6. The third-order valence-corrected chi connectivity index (χ3v) is 16.2. The number of hydrogen-bond donors (Lipinski definition) is 0. The van der Waals surface area contributed by atoms with Crippen LogP contribution in [0.3, 0.4) is 0 Å². The molecular weight excluding hydrogens is 936 g/mol. The highest BCUT2D eigenvalue weighted by Crippen LogP contribution is 2.52. The van der Waals surface area contributed by atoms with Crippen molar-refractivity contribution in [1.29, 1.82) is 0 Å². The molecule has 0 heterocycles. The molecule has 0 saturated heterocycles. The zero-order valence-corrected chi connectivity index (χ0v) is 52.7. The molecule has 0 rings (SSSR count). The molecule has 0 radical (unpaired) electrons. The van der Waals surface area contributed by atoms with Crippen molar-refractivity contribution in [1.82, 2.24) is 0 Å². The van der Waals surface area contributed by atoms with Gasteiger partial charge in [-0.25, -0.2) is 19.2 Å². The molecule has 0 bridgehead atoms. The van der Waals surface area contributed by atoms with Crippen LogP contribution in [0.4, 0.5) is 0 Å². The Labute approximate surface area is 464 Å². The van der Waals surface area contributed by atoms with Crippen LogP contribution in [0.1, 0.15) is 390 Å². The van der Waals surface area contributed by atoms with Crippen molar-refractivity contribution in [2.45, 2.75) is 408 Å². The first-order valence-corrected chi connectivity index (χ1v) is 35.2. The van der Waals surface area contributed by atoms with E-state index in [-0.39, 0.29) is 18.3 Å². The summed E-state index contributed by atoms with van der Waals surface area (Å²) < 4.78 is 32.0. The Bertz CT molecular complexity index is 985. The molecule has 0 aliphatic heterocycles. The predicted octanol–water partition coefficient (Wildman–Crippen LogP) is 25.0. The highest BCUT2D eigenvalue weighted by molar-refractivity contribution is 7.48. The van der Waals surface area contributed by atoms with E-state index in [0.717, 1.165) is 57.8 Å². The molecule has 8 heteroatoms.